The number of unbranched alkanes of at least 4 members (excludes halogenated alkanes) is 6. The first-order valence-corrected chi connectivity index (χ1v) is 9.85. The molecular weight excluding hydrogens is 304 g/mol. The fraction of sp³-hybridized carbons (Fsp3) is 0.850. The molecule has 1 aliphatic heterocycles. The fourth-order valence-electron chi connectivity index (χ4n) is 3.22. The Bertz CT molecular complexity index is 354. The Balaban J connectivity index is 2.02. The van der Waals surface area contributed by atoms with Gasteiger partial charge in [0.2, 0.25) is 0 Å². The average molecular weight is 341 g/mol. The van der Waals surface area contributed by atoms with Crippen LogP contribution in [0.2, 0.25) is 0 Å². The van der Waals surface area contributed by atoms with Crippen molar-refractivity contribution in [2.75, 3.05) is 0 Å². The van der Waals surface area contributed by atoms with Crippen LogP contribution in [0.25, 0.3) is 0 Å². The Hall–Kier alpha value is -0.870. The van der Waals surface area contributed by atoms with E-state index in [4.69, 9.17) is 9.84 Å². The zero-order chi connectivity index (χ0) is 17.6. The third-order valence-electron chi connectivity index (χ3n) is 4.71. The van der Waals surface area contributed by atoms with Crippen LogP contribution in [0.15, 0.2) is 12.2 Å². The first-order chi connectivity index (χ1) is 11.6. The van der Waals surface area contributed by atoms with Crippen molar-refractivity contribution >= 4 is 5.97 Å². The standard InChI is InChI=1S/C20H36O4/c1-2-3-7-10-17(21)13-14-19-16-15-18(24-19)11-8-5-4-6-9-12-20(22)23/h13-14,17-19,21H,2-12,15-16H2,1H3,(H,22,23). The van der Waals surface area contributed by atoms with Gasteiger partial charge < -0.3 is 14.9 Å². The van der Waals surface area contributed by atoms with Crippen LogP contribution in [0.4, 0.5) is 0 Å². The molecule has 2 N–H and O–H groups in total. The van der Waals surface area contributed by atoms with Crippen molar-refractivity contribution in [2.24, 2.45) is 0 Å². The summed E-state index contributed by atoms with van der Waals surface area (Å²) in [6, 6.07) is 0. The summed E-state index contributed by atoms with van der Waals surface area (Å²) < 4.78 is 6.02. The van der Waals surface area contributed by atoms with Gasteiger partial charge in [0, 0.05) is 6.42 Å². The summed E-state index contributed by atoms with van der Waals surface area (Å²) in [7, 11) is 0. The lowest BCUT2D eigenvalue weighted by atomic mass is 10.0. The minimum absolute atomic E-state index is 0.173. The number of hydrogen-bond acceptors (Lipinski definition) is 3. The van der Waals surface area contributed by atoms with Crippen molar-refractivity contribution in [3.8, 4) is 0 Å². The van der Waals surface area contributed by atoms with Crippen molar-refractivity contribution in [1.29, 1.82) is 0 Å². The van der Waals surface area contributed by atoms with Crippen LogP contribution in [0.1, 0.15) is 90.4 Å². The molecule has 0 amide bonds. The van der Waals surface area contributed by atoms with E-state index in [1.165, 1.54) is 12.8 Å². The van der Waals surface area contributed by atoms with E-state index in [1.54, 1.807) is 0 Å². The number of aliphatic carboxylic acids is 1. The zero-order valence-corrected chi connectivity index (χ0v) is 15.3. The van der Waals surface area contributed by atoms with E-state index in [1.807, 2.05) is 12.2 Å². The Morgan fingerprint density at radius 3 is 2.62 bits per heavy atom. The van der Waals surface area contributed by atoms with E-state index in [2.05, 4.69) is 6.92 Å². The molecule has 3 unspecified atom stereocenters. The highest BCUT2D eigenvalue weighted by Crippen LogP contribution is 2.25. The number of rotatable bonds is 14. The van der Waals surface area contributed by atoms with Crippen LogP contribution < -0.4 is 0 Å². The lowest BCUT2D eigenvalue weighted by Crippen LogP contribution is -2.10. The summed E-state index contributed by atoms with van der Waals surface area (Å²) in [5.74, 6) is -0.691. The summed E-state index contributed by atoms with van der Waals surface area (Å²) >= 11 is 0. The average Bonchev–Trinajstić information content (AvgIpc) is 3.00. The quantitative estimate of drug-likeness (QED) is 0.350. The number of aliphatic hydroxyl groups excluding tert-OH is 1. The smallest absolute Gasteiger partial charge is 0.303 e. The number of hydrogen-bond donors (Lipinski definition) is 2. The van der Waals surface area contributed by atoms with E-state index in [-0.39, 0.29) is 12.2 Å². The Labute approximate surface area is 147 Å². The van der Waals surface area contributed by atoms with Gasteiger partial charge in [0.15, 0.2) is 0 Å². The van der Waals surface area contributed by atoms with Gasteiger partial charge in [-0.15, -0.1) is 0 Å². The topological polar surface area (TPSA) is 66.8 Å². The van der Waals surface area contributed by atoms with E-state index < -0.39 is 5.97 Å². The molecule has 1 heterocycles. The number of aliphatic hydroxyl groups is 1. The van der Waals surface area contributed by atoms with Gasteiger partial charge in [-0.3, -0.25) is 4.79 Å². The molecule has 3 atom stereocenters. The predicted octanol–water partition coefficient (Wildman–Crippen LogP) is 4.85. The van der Waals surface area contributed by atoms with Crippen LogP contribution in [0.3, 0.4) is 0 Å². The normalized spacial score (nSPS) is 22.2. The molecule has 1 fully saturated rings. The summed E-state index contributed by atoms with van der Waals surface area (Å²) in [6.07, 6.45) is 17.3. The third-order valence-corrected chi connectivity index (χ3v) is 4.71. The van der Waals surface area contributed by atoms with E-state index in [0.29, 0.717) is 12.5 Å². The maximum atomic E-state index is 10.4. The van der Waals surface area contributed by atoms with Crippen molar-refractivity contribution in [1.82, 2.24) is 0 Å². The van der Waals surface area contributed by atoms with Crippen molar-refractivity contribution < 1.29 is 19.7 Å². The molecule has 0 radical (unpaired) electrons. The first-order valence-electron chi connectivity index (χ1n) is 9.85. The van der Waals surface area contributed by atoms with Gasteiger partial charge in [-0.1, -0.05) is 64.0 Å². The number of carboxylic acids is 1. The molecule has 0 aromatic heterocycles. The largest absolute Gasteiger partial charge is 0.481 e. The maximum Gasteiger partial charge on any atom is 0.303 e. The van der Waals surface area contributed by atoms with Gasteiger partial charge in [-0.2, -0.15) is 0 Å². The van der Waals surface area contributed by atoms with Gasteiger partial charge in [0.1, 0.15) is 0 Å². The van der Waals surface area contributed by atoms with Gasteiger partial charge in [0.05, 0.1) is 18.3 Å². The van der Waals surface area contributed by atoms with Gasteiger partial charge in [-0.25, -0.2) is 0 Å². The molecule has 4 heteroatoms. The molecule has 0 aromatic carbocycles. The highest BCUT2D eigenvalue weighted by Gasteiger charge is 2.22. The van der Waals surface area contributed by atoms with E-state index >= 15 is 0 Å². The molecule has 1 saturated heterocycles. The molecule has 1 aliphatic rings. The van der Waals surface area contributed by atoms with Crippen molar-refractivity contribution in [2.45, 2.75) is 109 Å². The third kappa shape index (κ3) is 10.8. The minimum Gasteiger partial charge on any atom is -0.481 e. The molecule has 0 bridgehead atoms. The highest BCUT2D eigenvalue weighted by atomic mass is 16.5. The fourth-order valence-corrected chi connectivity index (χ4v) is 3.22. The Kier molecular flexibility index (Phi) is 11.8. The first kappa shape index (κ1) is 21.2. The van der Waals surface area contributed by atoms with Crippen LogP contribution in [0, 0.1) is 0 Å². The monoisotopic (exact) mass is 340 g/mol. The van der Waals surface area contributed by atoms with Crippen LogP contribution in [-0.4, -0.2) is 34.5 Å². The second-order valence-corrected chi connectivity index (χ2v) is 7.02. The van der Waals surface area contributed by atoms with Crippen molar-refractivity contribution in [3.05, 3.63) is 12.2 Å². The van der Waals surface area contributed by atoms with Crippen LogP contribution in [-0.2, 0) is 9.53 Å². The number of carbonyl (C=O) groups is 1. The highest BCUT2D eigenvalue weighted by molar-refractivity contribution is 5.66. The van der Waals surface area contributed by atoms with Gasteiger partial charge >= 0.3 is 5.97 Å². The second-order valence-electron chi connectivity index (χ2n) is 7.02. The number of carboxylic acid groups (broad SMARTS) is 1. The molecule has 0 saturated carbocycles. The molecule has 140 valence electrons. The van der Waals surface area contributed by atoms with Crippen molar-refractivity contribution in [3.63, 3.8) is 0 Å². The molecule has 1 rings (SSSR count). The van der Waals surface area contributed by atoms with Gasteiger partial charge in [0.25, 0.3) is 0 Å². The summed E-state index contributed by atoms with van der Waals surface area (Å²) in [5.41, 5.74) is 0. The molecule has 24 heavy (non-hydrogen) atoms. The molecule has 4 nitrogen and oxygen atoms in total. The summed E-state index contributed by atoms with van der Waals surface area (Å²) in [6.45, 7) is 2.17. The second kappa shape index (κ2) is 13.4. The van der Waals surface area contributed by atoms with Gasteiger partial charge in [-0.05, 0) is 32.1 Å². The van der Waals surface area contributed by atoms with Crippen LogP contribution in [0.5, 0.6) is 0 Å². The maximum absolute atomic E-state index is 10.4. The van der Waals surface area contributed by atoms with Crippen LogP contribution >= 0.6 is 0 Å². The summed E-state index contributed by atoms with van der Waals surface area (Å²) in [4.78, 5) is 10.4. The Morgan fingerprint density at radius 2 is 1.88 bits per heavy atom. The predicted molar refractivity (Wildman–Crippen MR) is 97.1 cm³/mol. The lowest BCUT2D eigenvalue weighted by Gasteiger charge is -2.12. The Morgan fingerprint density at radius 1 is 1.12 bits per heavy atom. The zero-order valence-electron chi connectivity index (χ0n) is 15.3. The molecule has 0 aliphatic carbocycles. The number of ether oxygens (including phenoxy) is 1. The summed E-state index contributed by atoms with van der Waals surface area (Å²) in [5, 5.41) is 18.5. The SMILES string of the molecule is CCCCCC(O)C=CC1CCC(CCCCCCCC(=O)O)O1. The minimum atomic E-state index is -0.691. The molecule has 0 aromatic rings. The lowest BCUT2D eigenvalue weighted by molar-refractivity contribution is -0.137. The van der Waals surface area contributed by atoms with E-state index in [9.17, 15) is 9.90 Å². The molecular formula is C20H36O4. The molecule has 0 spiro atoms. The van der Waals surface area contributed by atoms with E-state index in [0.717, 1.165) is 64.2 Å².